The zero-order chi connectivity index (χ0) is 14.2. The van der Waals surface area contributed by atoms with Crippen molar-refractivity contribution in [2.45, 2.75) is 39.8 Å². The Morgan fingerprint density at radius 1 is 1.20 bits per heavy atom. The molecule has 0 aliphatic heterocycles. The topological polar surface area (TPSA) is 47.3 Å². The smallest absolute Gasteiger partial charge is 0.150 e. The second-order valence-corrected chi connectivity index (χ2v) is 4.88. The van der Waals surface area contributed by atoms with Gasteiger partial charge in [-0.05, 0) is 31.0 Å². The third-order valence-electron chi connectivity index (χ3n) is 3.00. The van der Waals surface area contributed by atoms with Crippen molar-refractivity contribution in [3.05, 3.63) is 47.3 Å². The summed E-state index contributed by atoms with van der Waals surface area (Å²) in [7, 11) is 0. The lowest BCUT2D eigenvalue weighted by atomic mass is 10.2. The fourth-order valence-electron chi connectivity index (χ4n) is 1.87. The van der Waals surface area contributed by atoms with Crippen LogP contribution in [-0.4, -0.2) is 11.8 Å². The molecule has 0 unspecified atom stereocenters. The average Bonchev–Trinajstić information content (AvgIpc) is 2.87. The first-order valence-corrected chi connectivity index (χ1v) is 7.12. The molecule has 1 heterocycles. The van der Waals surface area contributed by atoms with Gasteiger partial charge in [0.05, 0.1) is 18.8 Å². The number of hydrogen-bond acceptors (Lipinski definition) is 4. The molecule has 0 radical (unpaired) electrons. The molecule has 2 rings (SSSR count). The van der Waals surface area contributed by atoms with Crippen LogP contribution < -0.4 is 10.1 Å². The molecule has 108 valence electrons. The third kappa shape index (κ3) is 4.70. The van der Waals surface area contributed by atoms with Gasteiger partial charge in [-0.25, -0.2) is 0 Å². The minimum Gasteiger partial charge on any atom is -0.494 e. The van der Waals surface area contributed by atoms with E-state index in [0.29, 0.717) is 6.54 Å². The Bertz CT molecular complexity index is 505. The SMILES string of the molecule is CCCCOc1ccc(CNCc2cc(C)no2)cc1. The molecule has 1 aromatic heterocycles. The molecular weight excluding hydrogens is 252 g/mol. The molecular formula is C16H22N2O2. The van der Waals surface area contributed by atoms with E-state index in [4.69, 9.17) is 9.26 Å². The molecule has 4 heteroatoms. The van der Waals surface area contributed by atoms with Crippen molar-refractivity contribution in [2.75, 3.05) is 6.61 Å². The van der Waals surface area contributed by atoms with Crippen LogP contribution in [0, 0.1) is 6.92 Å². The molecule has 20 heavy (non-hydrogen) atoms. The van der Waals surface area contributed by atoms with E-state index >= 15 is 0 Å². The van der Waals surface area contributed by atoms with Crippen LogP contribution in [0.1, 0.15) is 36.8 Å². The van der Waals surface area contributed by atoms with Crippen molar-refractivity contribution in [1.82, 2.24) is 10.5 Å². The average molecular weight is 274 g/mol. The van der Waals surface area contributed by atoms with E-state index in [9.17, 15) is 0 Å². The van der Waals surface area contributed by atoms with Crippen LogP contribution in [0.4, 0.5) is 0 Å². The molecule has 2 aromatic rings. The first-order chi connectivity index (χ1) is 9.78. The summed E-state index contributed by atoms with van der Waals surface area (Å²) in [6, 6.07) is 10.1. The molecule has 0 fully saturated rings. The highest BCUT2D eigenvalue weighted by Crippen LogP contribution is 2.12. The molecule has 0 aliphatic rings. The second-order valence-electron chi connectivity index (χ2n) is 4.88. The molecule has 0 atom stereocenters. The zero-order valence-corrected chi connectivity index (χ0v) is 12.2. The van der Waals surface area contributed by atoms with Crippen LogP contribution in [0.15, 0.2) is 34.9 Å². The van der Waals surface area contributed by atoms with E-state index < -0.39 is 0 Å². The molecule has 0 saturated carbocycles. The van der Waals surface area contributed by atoms with Crippen molar-refractivity contribution < 1.29 is 9.26 Å². The van der Waals surface area contributed by atoms with Gasteiger partial charge in [0.2, 0.25) is 0 Å². The van der Waals surface area contributed by atoms with Crippen LogP contribution in [-0.2, 0) is 13.1 Å². The van der Waals surface area contributed by atoms with Gasteiger partial charge in [-0.2, -0.15) is 0 Å². The van der Waals surface area contributed by atoms with Gasteiger partial charge in [-0.3, -0.25) is 0 Å². The predicted octanol–water partition coefficient (Wildman–Crippen LogP) is 3.45. The summed E-state index contributed by atoms with van der Waals surface area (Å²) < 4.78 is 10.8. The Kier molecular flexibility index (Phi) is 5.62. The second kappa shape index (κ2) is 7.70. The Morgan fingerprint density at radius 2 is 2.00 bits per heavy atom. The Balaban J connectivity index is 1.73. The Morgan fingerprint density at radius 3 is 2.65 bits per heavy atom. The van der Waals surface area contributed by atoms with Crippen LogP contribution in [0.5, 0.6) is 5.75 Å². The lowest BCUT2D eigenvalue weighted by Crippen LogP contribution is -2.12. The fraction of sp³-hybridized carbons (Fsp3) is 0.438. The van der Waals surface area contributed by atoms with Gasteiger partial charge in [-0.1, -0.05) is 30.6 Å². The Hall–Kier alpha value is -1.81. The number of unbranched alkanes of at least 4 members (excludes halogenated alkanes) is 1. The van der Waals surface area contributed by atoms with Crippen molar-refractivity contribution in [3.8, 4) is 5.75 Å². The maximum atomic E-state index is 5.63. The standard InChI is InChI=1S/C16H22N2O2/c1-3-4-9-19-15-7-5-14(6-8-15)11-17-12-16-10-13(2)18-20-16/h5-8,10,17H,3-4,9,11-12H2,1-2H3. The van der Waals surface area contributed by atoms with E-state index in [2.05, 4.69) is 29.5 Å². The monoisotopic (exact) mass is 274 g/mol. The van der Waals surface area contributed by atoms with Crippen molar-refractivity contribution in [1.29, 1.82) is 0 Å². The van der Waals surface area contributed by atoms with Crippen molar-refractivity contribution in [3.63, 3.8) is 0 Å². The quantitative estimate of drug-likeness (QED) is 0.749. The van der Waals surface area contributed by atoms with Crippen LogP contribution in [0.3, 0.4) is 0 Å². The van der Waals surface area contributed by atoms with Crippen LogP contribution in [0.2, 0.25) is 0 Å². The van der Waals surface area contributed by atoms with Crippen molar-refractivity contribution >= 4 is 0 Å². The van der Waals surface area contributed by atoms with Gasteiger partial charge in [0.15, 0.2) is 5.76 Å². The summed E-state index contributed by atoms with van der Waals surface area (Å²) in [5.41, 5.74) is 2.14. The first-order valence-electron chi connectivity index (χ1n) is 7.12. The predicted molar refractivity (Wildman–Crippen MR) is 78.6 cm³/mol. The zero-order valence-electron chi connectivity index (χ0n) is 12.2. The number of hydrogen-bond donors (Lipinski definition) is 1. The molecule has 0 bridgehead atoms. The van der Waals surface area contributed by atoms with Gasteiger partial charge in [0.1, 0.15) is 5.75 Å². The molecule has 4 nitrogen and oxygen atoms in total. The number of aromatic nitrogens is 1. The van der Waals surface area contributed by atoms with Gasteiger partial charge in [-0.15, -0.1) is 0 Å². The molecule has 0 saturated heterocycles. The summed E-state index contributed by atoms with van der Waals surface area (Å²) in [5.74, 6) is 1.80. The molecule has 0 spiro atoms. The normalized spacial score (nSPS) is 10.7. The van der Waals surface area contributed by atoms with Gasteiger partial charge in [0.25, 0.3) is 0 Å². The summed E-state index contributed by atoms with van der Waals surface area (Å²) in [6.07, 6.45) is 2.25. The number of ether oxygens (including phenoxy) is 1. The first kappa shape index (κ1) is 14.6. The largest absolute Gasteiger partial charge is 0.494 e. The number of benzene rings is 1. The van der Waals surface area contributed by atoms with Gasteiger partial charge < -0.3 is 14.6 Å². The summed E-state index contributed by atoms with van der Waals surface area (Å²) >= 11 is 0. The van der Waals surface area contributed by atoms with E-state index in [0.717, 1.165) is 43.2 Å². The lowest BCUT2D eigenvalue weighted by Gasteiger charge is -2.07. The van der Waals surface area contributed by atoms with E-state index in [1.807, 2.05) is 25.1 Å². The van der Waals surface area contributed by atoms with Gasteiger partial charge >= 0.3 is 0 Å². The minimum atomic E-state index is 0.690. The summed E-state index contributed by atoms with van der Waals surface area (Å²) in [4.78, 5) is 0. The van der Waals surface area contributed by atoms with Crippen LogP contribution in [0.25, 0.3) is 0 Å². The number of aryl methyl sites for hydroxylation is 1. The Labute approximate surface area is 120 Å². The highest BCUT2D eigenvalue weighted by molar-refractivity contribution is 5.27. The number of nitrogens with zero attached hydrogens (tertiary/aromatic N) is 1. The molecule has 1 N–H and O–H groups in total. The number of nitrogens with one attached hydrogen (secondary N) is 1. The molecule has 0 amide bonds. The maximum Gasteiger partial charge on any atom is 0.150 e. The highest BCUT2D eigenvalue weighted by Gasteiger charge is 2.00. The van der Waals surface area contributed by atoms with E-state index in [1.165, 1.54) is 5.56 Å². The van der Waals surface area contributed by atoms with E-state index in [-0.39, 0.29) is 0 Å². The minimum absolute atomic E-state index is 0.690. The molecule has 1 aromatic carbocycles. The van der Waals surface area contributed by atoms with E-state index in [1.54, 1.807) is 0 Å². The number of rotatable bonds is 8. The highest BCUT2D eigenvalue weighted by atomic mass is 16.5. The molecule has 0 aliphatic carbocycles. The third-order valence-corrected chi connectivity index (χ3v) is 3.00. The maximum absolute atomic E-state index is 5.63. The fourth-order valence-corrected chi connectivity index (χ4v) is 1.87. The van der Waals surface area contributed by atoms with Gasteiger partial charge in [0, 0.05) is 12.6 Å². The summed E-state index contributed by atoms with van der Waals surface area (Å²) in [5, 5.41) is 7.19. The van der Waals surface area contributed by atoms with Crippen LogP contribution >= 0.6 is 0 Å². The summed E-state index contributed by atoms with van der Waals surface area (Å²) in [6.45, 7) is 6.36. The van der Waals surface area contributed by atoms with Crippen molar-refractivity contribution in [2.24, 2.45) is 0 Å². The lowest BCUT2D eigenvalue weighted by molar-refractivity contribution is 0.309.